The van der Waals surface area contributed by atoms with Crippen molar-refractivity contribution in [3.63, 3.8) is 0 Å². The SMILES string of the molecule is CC1CCN(S(=O)(=O)c2cccc(C(=O)NOC(=O)N(C)C(=O)c3ccsc3)c2)CC1. The number of carbonyl (C=O) groups excluding carboxylic acids is 3. The molecular formula is C20H23N3O6S2. The molecule has 1 aliphatic rings. The minimum atomic E-state index is -3.73. The van der Waals surface area contributed by atoms with Crippen molar-refractivity contribution in [3.8, 4) is 0 Å². The zero-order valence-corrected chi connectivity index (χ0v) is 18.7. The Morgan fingerprint density at radius 1 is 1.16 bits per heavy atom. The first-order valence-corrected chi connectivity index (χ1v) is 12.0. The summed E-state index contributed by atoms with van der Waals surface area (Å²) < 4.78 is 27.2. The van der Waals surface area contributed by atoms with Crippen molar-refractivity contribution in [1.82, 2.24) is 14.7 Å². The highest BCUT2D eigenvalue weighted by molar-refractivity contribution is 7.89. The Kier molecular flexibility index (Phi) is 7.08. The van der Waals surface area contributed by atoms with Gasteiger partial charge in [0.1, 0.15) is 0 Å². The fourth-order valence-electron chi connectivity index (χ4n) is 3.05. The van der Waals surface area contributed by atoms with Gasteiger partial charge >= 0.3 is 6.09 Å². The third-order valence-electron chi connectivity index (χ3n) is 5.05. The maximum Gasteiger partial charge on any atom is 0.440 e. The van der Waals surface area contributed by atoms with E-state index in [9.17, 15) is 22.8 Å². The molecule has 31 heavy (non-hydrogen) atoms. The van der Waals surface area contributed by atoms with Crippen LogP contribution in [0.4, 0.5) is 4.79 Å². The zero-order chi connectivity index (χ0) is 22.6. The van der Waals surface area contributed by atoms with Gasteiger partial charge in [-0.1, -0.05) is 13.0 Å². The molecule has 3 amide bonds. The molecule has 1 saturated heterocycles. The third-order valence-corrected chi connectivity index (χ3v) is 7.63. The van der Waals surface area contributed by atoms with Crippen LogP contribution in [0.2, 0.25) is 0 Å². The summed E-state index contributed by atoms with van der Waals surface area (Å²) in [6.07, 6.45) is 0.496. The molecule has 1 N–H and O–H groups in total. The van der Waals surface area contributed by atoms with E-state index in [4.69, 9.17) is 4.84 Å². The largest absolute Gasteiger partial charge is 0.440 e. The highest BCUT2D eigenvalue weighted by atomic mass is 32.2. The molecule has 166 valence electrons. The summed E-state index contributed by atoms with van der Waals surface area (Å²) in [4.78, 5) is 42.0. The normalized spacial score (nSPS) is 15.3. The molecule has 0 saturated carbocycles. The number of amides is 3. The van der Waals surface area contributed by atoms with Crippen molar-refractivity contribution in [2.24, 2.45) is 5.92 Å². The van der Waals surface area contributed by atoms with E-state index in [1.54, 1.807) is 16.8 Å². The molecule has 9 nitrogen and oxygen atoms in total. The molecule has 0 spiro atoms. The molecular weight excluding hydrogens is 442 g/mol. The van der Waals surface area contributed by atoms with Crippen LogP contribution in [-0.2, 0) is 14.9 Å². The van der Waals surface area contributed by atoms with Crippen molar-refractivity contribution in [2.45, 2.75) is 24.7 Å². The van der Waals surface area contributed by atoms with Gasteiger partial charge in [-0.05, 0) is 48.4 Å². The van der Waals surface area contributed by atoms with Crippen molar-refractivity contribution in [1.29, 1.82) is 0 Å². The Hall–Kier alpha value is -2.76. The summed E-state index contributed by atoms with van der Waals surface area (Å²) in [7, 11) is -2.51. The number of hydrogen-bond acceptors (Lipinski definition) is 7. The third kappa shape index (κ3) is 5.30. The van der Waals surface area contributed by atoms with Crippen LogP contribution in [0.15, 0.2) is 46.0 Å². The molecule has 0 atom stereocenters. The fourth-order valence-corrected chi connectivity index (χ4v) is 5.20. The molecule has 1 aromatic carbocycles. The van der Waals surface area contributed by atoms with Crippen LogP contribution in [0.5, 0.6) is 0 Å². The summed E-state index contributed by atoms with van der Waals surface area (Å²) in [6.45, 7) is 2.95. The van der Waals surface area contributed by atoms with Crippen LogP contribution in [0.25, 0.3) is 0 Å². The monoisotopic (exact) mass is 465 g/mol. The number of imide groups is 1. The number of carbonyl (C=O) groups is 3. The Labute approximate surface area is 184 Å². The maximum absolute atomic E-state index is 12.9. The number of thiophene rings is 1. The van der Waals surface area contributed by atoms with E-state index in [-0.39, 0.29) is 10.5 Å². The van der Waals surface area contributed by atoms with Gasteiger partial charge in [0, 0.05) is 31.1 Å². The highest BCUT2D eigenvalue weighted by Gasteiger charge is 2.28. The predicted octanol–water partition coefficient (Wildman–Crippen LogP) is 2.72. The standard InChI is InChI=1S/C20H23N3O6S2/c1-14-6-9-23(10-7-14)31(27,28)17-5-3-4-15(12-17)18(24)21-29-20(26)22(2)19(25)16-8-11-30-13-16/h3-5,8,11-14H,6-7,9-10H2,1-2H3,(H,21,24). The van der Waals surface area contributed by atoms with Gasteiger partial charge in [0.25, 0.3) is 11.8 Å². The second-order valence-electron chi connectivity index (χ2n) is 7.29. The van der Waals surface area contributed by atoms with Gasteiger partial charge in [0.15, 0.2) is 0 Å². The second kappa shape index (κ2) is 9.58. The van der Waals surface area contributed by atoms with E-state index in [0.29, 0.717) is 24.6 Å². The molecule has 1 fully saturated rings. The lowest BCUT2D eigenvalue weighted by Crippen LogP contribution is -2.39. The molecule has 2 heterocycles. The second-order valence-corrected chi connectivity index (χ2v) is 10.0. The lowest BCUT2D eigenvalue weighted by atomic mass is 10.0. The molecule has 1 aromatic heterocycles. The van der Waals surface area contributed by atoms with Gasteiger partial charge in [0.05, 0.1) is 10.5 Å². The van der Waals surface area contributed by atoms with Gasteiger partial charge in [0.2, 0.25) is 10.0 Å². The molecule has 0 aliphatic carbocycles. The fraction of sp³-hybridized carbons (Fsp3) is 0.350. The van der Waals surface area contributed by atoms with Crippen LogP contribution in [0.1, 0.15) is 40.5 Å². The van der Waals surface area contributed by atoms with Gasteiger partial charge in [-0.3, -0.25) is 9.59 Å². The van der Waals surface area contributed by atoms with Crippen molar-refractivity contribution in [2.75, 3.05) is 20.1 Å². The lowest BCUT2D eigenvalue weighted by Gasteiger charge is -2.29. The molecule has 0 unspecified atom stereocenters. The van der Waals surface area contributed by atoms with Crippen molar-refractivity contribution in [3.05, 3.63) is 52.2 Å². The number of hydroxylamine groups is 1. The number of hydrogen-bond donors (Lipinski definition) is 1. The minimum Gasteiger partial charge on any atom is -0.321 e. The van der Waals surface area contributed by atoms with Crippen molar-refractivity contribution < 1.29 is 27.6 Å². The number of rotatable bonds is 4. The summed E-state index contributed by atoms with van der Waals surface area (Å²) in [5, 5.41) is 3.28. The average Bonchev–Trinajstić information content (AvgIpc) is 3.31. The van der Waals surface area contributed by atoms with Gasteiger partial charge < -0.3 is 4.84 Å². The number of piperidine rings is 1. The topological polar surface area (TPSA) is 113 Å². The van der Waals surface area contributed by atoms with Crippen LogP contribution < -0.4 is 5.48 Å². The van der Waals surface area contributed by atoms with E-state index >= 15 is 0 Å². The van der Waals surface area contributed by atoms with E-state index in [0.717, 1.165) is 17.7 Å². The predicted molar refractivity (Wildman–Crippen MR) is 114 cm³/mol. The first kappa shape index (κ1) is 22.9. The summed E-state index contributed by atoms with van der Waals surface area (Å²) in [5.41, 5.74) is 2.28. The lowest BCUT2D eigenvalue weighted by molar-refractivity contribution is 0.0416. The van der Waals surface area contributed by atoms with E-state index in [1.165, 1.54) is 47.0 Å². The number of nitrogens with one attached hydrogen (secondary N) is 1. The molecule has 11 heteroatoms. The Balaban J connectivity index is 1.63. The molecule has 2 aromatic rings. The van der Waals surface area contributed by atoms with Crippen LogP contribution in [0, 0.1) is 5.92 Å². The Morgan fingerprint density at radius 3 is 2.52 bits per heavy atom. The summed E-state index contributed by atoms with van der Waals surface area (Å²) in [6, 6.07) is 7.06. The first-order chi connectivity index (χ1) is 14.7. The highest BCUT2D eigenvalue weighted by Crippen LogP contribution is 2.24. The Morgan fingerprint density at radius 2 is 1.87 bits per heavy atom. The molecule has 1 aliphatic heterocycles. The van der Waals surface area contributed by atoms with Gasteiger partial charge in [-0.25, -0.2) is 18.1 Å². The summed E-state index contributed by atoms with van der Waals surface area (Å²) in [5.74, 6) is -0.915. The molecule has 0 radical (unpaired) electrons. The van der Waals surface area contributed by atoms with E-state index in [2.05, 4.69) is 6.92 Å². The molecule has 3 rings (SSSR count). The number of nitrogens with zero attached hydrogens (tertiary/aromatic N) is 2. The van der Waals surface area contributed by atoms with Crippen LogP contribution >= 0.6 is 11.3 Å². The molecule has 0 bridgehead atoms. The number of sulfonamides is 1. The van der Waals surface area contributed by atoms with Crippen LogP contribution in [-0.4, -0.2) is 55.7 Å². The summed E-state index contributed by atoms with van der Waals surface area (Å²) >= 11 is 1.30. The first-order valence-electron chi connectivity index (χ1n) is 9.61. The average molecular weight is 466 g/mol. The maximum atomic E-state index is 12.9. The smallest absolute Gasteiger partial charge is 0.321 e. The van der Waals surface area contributed by atoms with Crippen LogP contribution in [0.3, 0.4) is 0 Å². The van der Waals surface area contributed by atoms with Gasteiger partial charge in [-0.15, -0.1) is 0 Å². The van der Waals surface area contributed by atoms with Crippen molar-refractivity contribution >= 4 is 39.3 Å². The minimum absolute atomic E-state index is 0.00562. The Bertz CT molecular complexity index is 1060. The number of benzene rings is 1. The van der Waals surface area contributed by atoms with Gasteiger partial charge in [-0.2, -0.15) is 21.1 Å². The quantitative estimate of drug-likeness (QED) is 0.695. The zero-order valence-electron chi connectivity index (χ0n) is 17.1. The van der Waals surface area contributed by atoms with E-state index < -0.39 is 27.9 Å². The van der Waals surface area contributed by atoms with E-state index in [1.807, 2.05) is 5.48 Å².